The summed E-state index contributed by atoms with van der Waals surface area (Å²) in [5, 5.41) is 20.7. The molecule has 0 aromatic heterocycles. The first-order valence-corrected chi connectivity index (χ1v) is 12.6. The Hall–Kier alpha value is -4.25. The van der Waals surface area contributed by atoms with Crippen LogP contribution >= 0.6 is 0 Å². The number of hydrogen-bond donors (Lipinski definition) is 5. The molecule has 1 amide bonds. The van der Waals surface area contributed by atoms with Crippen LogP contribution in [-0.4, -0.2) is 38.5 Å². The Bertz CT molecular complexity index is 1350. The number of nitrogen functional groups attached to an aromatic ring is 1. The van der Waals surface area contributed by atoms with Gasteiger partial charge in [0.05, 0.1) is 23.7 Å². The summed E-state index contributed by atoms with van der Waals surface area (Å²) in [5.74, 6) is -0.596. The monoisotopic (exact) mass is 512 g/mol. The number of ether oxygens (including phenoxy) is 2. The van der Waals surface area contributed by atoms with Crippen LogP contribution in [0.5, 0.6) is 17.2 Å². The van der Waals surface area contributed by atoms with Gasteiger partial charge in [-0.25, -0.2) is 13.1 Å². The van der Waals surface area contributed by atoms with E-state index in [1.165, 1.54) is 30.3 Å². The van der Waals surface area contributed by atoms with Gasteiger partial charge in [0.15, 0.2) is 11.5 Å². The minimum absolute atomic E-state index is 0.0674. The van der Waals surface area contributed by atoms with Gasteiger partial charge in [0.25, 0.3) is 15.9 Å². The van der Waals surface area contributed by atoms with Gasteiger partial charge in [-0.2, -0.15) is 0 Å². The summed E-state index contributed by atoms with van der Waals surface area (Å²) in [6.07, 6.45) is 0. The predicted molar refractivity (Wildman–Crippen MR) is 136 cm³/mol. The summed E-state index contributed by atoms with van der Waals surface area (Å²) in [6, 6.07) is 15.4. The molecule has 3 rings (SSSR count). The highest BCUT2D eigenvalue weighted by molar-refractivity contribution is 7.90. The molecule has 0 radical (unpaired) electrons. The number of carbonyl (C=O) groups is 1. The quantitative estimate of drug-likeness (QED) is 0.193. The van der Waals surface area contributed by atoms with Crippen LogP contribution in [0.25, 0.3) is 0 Å². The van der Waals surface area contributed by atoms with E-state index in [1.807, 2.05) is 6.92 Å². The van der Waals surface area contributed by atoms with Gasteiger partial charge in [-0.1, -0.05) is 24.3 Å². The standard InChI is InChI=1S/C25H28N4O6S/c1-3-34-21-13-10-16(14-22(21)35-4-2)23(28-17-11-12-19(24(26)27)20(30)15-17)25(31)29-36(32,33)18-8-6-5-7-9-18/h5-15,23,28,30H,3-4H2,1-2H3,(H3,26,27)(H,29,31). The fourth-order valence-corrected chi connectivity index (χ4v) is 4.43. The van der Waals surface area contributed by atoms with E-state index in [1.54, 1.807) is 43.3 Å². The molecule has 0 aliphatic heterocycles. The third-order valence-electron chi connectivity index (χ3n) is 5.05. The summed E-state index contributed by atoms with van der Waals surface area (Å²) in [7, 11) is -4.16. The second-order valence-corrected chi connectivity index (χ2v) is 9.26. The normalized spacial score (nSPS) is 11.8. The summed E-state index contributed by atoms with van der Waals surface area (Å²) in [6.45, 7) is 4.37. The van der Waals surface area contributed by atoms with Crippen LogP contribution in [0.3, 0.4) is 0 Å². The molecule has 0 saturated heterocycles. The molecule has 0 heterocycles. The number of carbonyl (C=O) groups excluding carboxylic acids is 1. The second-order valence-electron chi connectivity index (χ2n) is 7.58. The molecule has 3 aromatic carbocycles. The molecule has 0 fully saturated rings. The molecule has 0 saturated carbocycles. The van der Waals surface area contributed by atoms with Crippen molar-refractivity contribution in [2.75, 3.05) is 18.5 Å². The fourth-order valence-electron chi connectivity index (χ4n) is 3.41. The molecule has 10 nitrogen and oxygen atoms in total. The Morgan fingerprint density at radius 3 is 2.28 bits per heavy atom. The molecule has 1 unspecified atom stereocenters. The SMILES string of the molecule is CCOc1ccc(C(Nc2ccc(C(=N)N)c(O)c2)C(=O)NS(=O)(=O)c2ccccc2)cc1OCC. The van der Waals surface area contributed by atoms with Gasteiger partial charge < -0.3 is 25.6 Å². The minimum atomic E-state index is -4.16. The van der Waals surface area contributed by atoms with Crippen molar-refractivity contribution in [1.82, 2.24) is 4.72 Å². The number of phenols is 1. The average Bonchev–Trinajstić information content (AvgIpc) is 2.84. The maximum atomic E-state index is 13.3. The van der Waals surface area contributed by atoms with Crippen LogP contribution in [0.1, 0.15) is 31.0 Å². The number of nitrogens with one attached hydrogen (secondary N) is 3. The zero-order valence-electron chi connectivity index (χ0n) is 19.8. The van der Waals surface area contributed by atoms with E-state index in [9.17, 15) is 18.3 Å². The van der Waals surface area contributed by atoms with Crippen molar-refractivity contribution in [3.05, 3.63) is 77.9 Å². The van der Waals surface area contributed by atoms with E-state index in [2.05, 4.69) is 10.0 Å². The molecular formula is C25H28N4O6S. The third kappa shape index (κ3) is 6.25. The fraction of sp³-hybridized carbons (Fsp3) is 0.200. The van der Waals surface area contributed by atoms with E-state index < -0.39 is 22.0 Å². The molecule has 11 heteroatoms. The minimum Gasteiger partial charge on any atom is -0.507 e. The van der Waals surface area contributed by atoms with Crippen LogP contribution in [0.2, 0.25) is 0 Å². The highest BCUT2D eigenvalue weighted by atomic mass is 32.2. The van der Waals surface area contributed by atoms with E-state index in [4.69, 9.17) is 20.6 Å². The van der Waals surface area contributed by atoms with Crippen molar-refractivity contribution < 1.29 is 27.8 Å². The summed E-state index contributed by atoms with van der Waals surface area (Å²) < 4.78 is 39.0. The highest BCUT2D eigenvalue weighted by Crippen LogP contribution is 2.33. The lowest BCUT2D eigenvalue weighted by Gasteiger charge is -2.22. The maximum absolute atomic E-state index is 13.3. The van der Waals surface area contributed by atoms with E-state index >= 15 is 0 Å². The van der Waals surface area contributed by atoms with Gasteiger partial charge in [-0.3, -0.25) is 10.2 Å². The number of benzene rings is 3. The number of amides is 1. The molecule has 36 heavy (non-hydrogen) atoms. The van der Waals surface area contributed by atoms with E-state index in [0.717, 1.165) is 0 Å². The molecule has 0 aliphatic rings. The lowest BCUT2D eigenvalue weighted by Crippen LogP contribution is -2.37. The smallest absolute Gasteiger partial charge is 0.264 e. The van der Waals surface area contributed by atoms with Crippen molar-refractivity contribution in [2.24, 2.45) is 5.73 Å². The first-order chi connectivity index (χ1) is 17.2. The van der Waals surface area contributed by atoms with Crippen LogP contribution in [0.4, 0.5) is 5.69 Å². The largest absolute Gasteiger partial charge is 0.507 e. The van der Waals surface area contributed by atoms with Crippen molar-refractivity contribution in [2.45, 2.75) is 24.8 Å². The maximum Gasteiger partial charge on any atom is 0.264 e. The van der Waals surface area contributed by atoms with Gasteiger partial charge in [0.1, 0.15) is 17.6 Å². The molecule has 3 aromatic rings. The molecular weight excluding hydrogens is 484 g/mol. The Labute approximate surface area is 209 Å². The van der Waals surface area contributed by atoms with Crippen molar-refractivity contribution in [3.63, 3.8) is 0 Å². The number of amidine groups is 1. The lowest BCUT2D eigenvalue weighted by atomic mass is 10.0. The number of hydrogen-bond acceptors (Lipinski definition) is 8. The van der Waals surface area contributed by atoms with Crippen LogP contribution in [0, 0.1) is 5.41 Å². The molecule has 1 atom stereocenters. The number of aromatic hydroxyl groups is 1. The Balaban J connectivity index is 2.02. The Kier molecular flexibility index (Phi) is 8.38. The van der Waals surface area contributed by atoms with Crippen molar-refractivity contribution in [3.8, 4) is 17.2 Å². The van der Waals surface area contributed by atoms with Crippen molar-refractivity contribution >= 4 is 27.5 Å². The summed E-state index contributed by atoms with van der Waals surface area (Å²) >= 11 is 0. The van der Waals surface area contributed by atoms with Crippen LogP contribution in [-0.2, 0) is 14.8 Å². The Morgan fingerprint density at radius 2 is 1.67 bits per heavy atom. The third-order valence-corrected chi connectivity index (χ3v) is 6.41. The zero-order valence-corrected chi connectivity index (χ0v) is 20.6. The molecule has 6 N–H and O–H groups in total. The predicted octanol–water partition coefficient (Wildman–Crippen LogP) is 3.13. The summed E-state index contributed by atoms with van der Waals surface area (Å²) in [4.78, 5) is 13.3. The molecule has 0 bridgehead atoms. The molecule has 0 spiro atoms. The number of phenolic OH excluding ortho intramolecular Hbond substituents is 1. The van der Waals surface area contributed by atoms with Gasteiger partial charge >= 0.3 is 0 Å². The van der Waals surface area contributed by atoms with E-state index in [0.29, 0.717) is 36.0 Å². The van der Waals surface area contributed by atoms with Gasteiger partial charge in [0.2, 0.25) is 0 Å². The zero-order chi connectivity index (χ0) is 26.3. The first-order valence-electron chi connectivity index (χ1n) is 11.1. The summed E-state index contributed by atoms with van der Waals surface area (Å²) in [5.41, 5.74) is 6.26. The topological polar surface area (TPSA) is 164 Å². The van der Waals surface area contributed by atoms with Gasteiger partial charge in [-0.15, -0.1) is 0 Å². The lowest BCUT2D eigenvalue weighted by molar-refractivity contribution is -0.120. The number of anilines is 1. The van der Waals surface area contributed by atoms with Crippen molar-refractivity contribution in [1.29, 1.82) is 5.41 Å². The molecule has 0 aliphatic carbocycles. The number of sulfonamides is 1. The highest BCUT2D eigenvalue weighted by Gasteiger charge is 2.27. The van der Waals surface area contributed by atoms with Crippen LogP contribution in [0.15, 0.2) is 71.6 Å². The Morgan fingerprint density at radius 1 is 1.00 bits per heavy atom. The second kappa shape index (κ2) is 11.5. The first kappa shape index (κ1) is 26.4. The van der Waals surface area contributed by atoms with Gasteiger partial charge in [-0.05, 0) is 55.8 Å². The van der Waals surface area contributed by atoms with Crippen LogP contribution < -0.4 is 25.2 Å². The van der Waals surface area contributed by atoms with E-state index in [-0.39, 0.29) is 22.0 Å². The van der Waals surface area contributed by atoms with Gasteiger partial charge in [0, 0.05) is 11.8 Å². The number of rotatable bonds is 11. The number of nitrogens with two attached hydrogens (primary N) is 1. The molecule has 190 valence electrons. The average molecular weight is 513 g/mol.